The second kappa shape index (κ2) is 8.37. The van der Waals surface area contributed by atoms with Gasteiger partial charge in [-0.15, -0.1) is 0 Å². The van der Waals surface area contributed by atoms with Gasteiger partial charge < -0.3 is 9.84 Å². The predicted octanol–water partition coefficient (Wildman–Crippen LogP) is 1.77. The van der Waals surface area contributed by atoms with E-state index < -0.39 is 5.60 Å². The van der Waals surface area contributed by atoms with E-state index in [2.05, 4.69) is 11.3 Å². The second-order valence-corrected chi connectivity index (χ2v) is 7.11. The Balaban J connectivity index is 2.22. The van der Waals surface area contributed by atoms with Gasteiger partial charge in [-0.05, 0) is 37.0 Å². The Hall–Kier alpha value is -0.943. The summed E-state index contributed by atoms with van der Waals surface area (Å²) < 4.78 is 4.58. The summed E-state index contributed by atoms with van der Waals surface area (Å²) in [6.45, 7) is 2.15. The number of esters is 1. The Morgan fingerprint density at radius 1 is 1.40 bits per heavy atom. The van der Waals surface area contributed by atoms with Gasteiger partial charge in [-0.25, -0.2) is 0 Å². The van der Waals surface area contributed by atoms with E-state index in [1.165, 1.54) is 7.11 Å². The van der Waals surface area contributed by atoms with E-state index in [4.69, 9.17) is 0 Å². The van der Waals surface area contributed by atoms with Gasteiger partial charge in [-0.1, -0.05) is 19.4 Å². The molecule has 0 heterocycles. The highest BCUT2D eigenvalue weighted by Crippen LogP contribution is 2.31. The van der Waals surface area contributed by atoms with Crippen molar-refractivity contribution in [1.29, 1.82) is 0 Å². The Bertz CT molecular complexity index is 378. The van der Waals surface area contributed by atoms with Crippen LogP contribution in [0, 0.1) is 0 Å². The van der Waals surface area contributed by atoms with E-state index in [1.807, 2.05) is 0 Å². The number of carbonyl (C=O) groups excluding carboxylic acids is 2. The van der Waals surface area contributed by atoms with E-state index in [0.29, 0.717) is 6.42 Å². The first-order valence-electron chi connectivity index (χ1n) is 7.55. The van der Waals surface area contributed by atoms with Gasteiger partial charge in [0.15, 0.2) is 5.78 Å². The van der Waals surface area contributed by atoms with Crippen LogP contribution < -0.4 is 0 Å². The smallest absolute Gasteiger partial charge is 0.305 e. The first-order chi connectivity index (χ1) is 9.50. The number of aliphatic hydroxyl groups is 1. The molecule has 114 valence electrons. The van der Waals surface area contributed by atoms with Crippen LogP contribution in [0.5, 0.6) is 0 Å². The lowest BCUT2D eigenvalue weighted by molar-refractivity contribution is -0.140. The average molecular weight is 298 g/mol. The molecule has 1 atom stereocenters. The zero-order valence-electron chi connectivity index (χ0n) is 12.6. The number of allylic oxidation sites excluding steroid dienone is 1. The van der Waals surface area contributed by atoms with Crippen LogP contribution in [0.15, 0.2) is 11.6 Å². The van der Waals surface area contributed by atoms with Crippen molar-refractivity contribution in [3.05, 3.63) is 11.6 Å². The normalized spacial score (nSPS) is 22.6. The van der Waals surface area contributed by atoms with Crippen LogP contribution in [0.25, 0.3) is 0 Å². The van der Waals surface area contributed by atoms with Gasteiger partial charge in [-0.3, -0.25) is 9.59 Å². The van der Waals surface area contributed by atoms with Crippen LogP contribution in [0.3, 0.4) is 0 Å². The number of unbranched alkanes of at least 4 members (excludes halogenated alkanes) is 3. The van der Waals surface area contributed by atoms with Crippen LogP contribution >= 0.6 is 0 Å². The summed E-state index contributed by atoms with van der Waals surface area (Å²) in [5.74, 6) is -0.0445. The molecule has 0 aromatic heterocycles. The Morgan fingerprint density at radius 2 is 2.10 bits per heavy atom. The molecule has 0 saturated heterocycles. The molecule has 0 aromatic rings. The molecule has 5 heteroatoms. The SMILES string of the molecule is COC(=O)CCCCCCC1=CC(O)(C[SiH2]C)CC1=O. The van der Waals surface area contributed by atoms with E-state index in [1.54, 1.807) is 6.08 Å². The maximum absolute atomic E-state index is 11.8. The lowest BCUT2D eigenvalue weighted by atomic mass is 10.0. The van der Waals surface area contributed by atoms with E-state index in [-0.39, 0.29) is 27.7 Å². The minimum absolute atomic E-state index is 0.115. The van der Waals surface area contributed by atoms with Crippen molar-refractivity contribution in [2.75, 3.05) is 7.11 Å². The van der Waals surface area contributed by atoms with Gasteiger partial charge >= 0.3 is 5.97 Å². The number of rotatable bonds is 9. The third-order valence-electron chi connectivity index (χ3n) is 3.76. The van der Waals surface area contributed by atoms with Crippen LogP contribution in [-0.2, 0) is 14.3 Å². The zero-order valence-corrected chi connectivity index (χ0v) is 14.0. The van der Waals surface area contributed by atoms with Crippen molar-refractivity contribution in [1.82, 2.24) is 0 Å². The highest BCUT2D eigenvalue weighted by Gasteiger charge is 2.34. The molecule has 4 nitrogen and oxygen atoms in total. The molecule has 0 radical (unpaired) electrons. The predicted molar refractivity (Wildman–Crippen MR) is 81.6 cm³/mol. The summed E-state index contributed by atoms with van der Waals surface area (Å²) in [5.41, 5.74) is -0.0268. The summed E-state index contributed by atoms with van der Waals surface area (Å²) in [6.07, 6.45) is 7.07. The molecule has 0 aromatic carbocycles. The Morgan fingerprint density at radius 3 is 2.75 bits per heavy atom. The molecular formula is C15H26O4Si. The summed E-state index contributed by atoms with van der Waals surface area (Å²) in [7, 11) is 1.15. The summed E-state index contributed by atoms with van der Waals surface area (Å²) >= 11 is 0. The third-order valence-corrected chi connectivity index (χ3v) is 5.12. The first-order valence-corrected chi connectivity index (χ1v) is 9.96. The van der Waals surface area contributed by atoms with Crippen molar-refractivity contribution >= 4 is 21.3 Å². The van der Waals surface area contributed by atoms with Crippen molar-refractivity contribution in [3.8, 4) is 0 Å². The number of hydrogen-bond acceptors (Lipinski definition) is 4. The number of ether oxygens (including phenoxy) is 1. The average Bonchev–Trinajstić information content (AvgIpc) is 2.68. The molecule has 1 N–H and O–H groups in total. The molecule has 0 fully saturated rings. The van der Waals surface area contributed by atoms with Gasteiger partial charge in [0.05, 0.1) is 12.7 Å². The fourth-order valence-corrected chi connectivity index (χ4v) is 3.88. The number of methoxy groups -OCH3 is 1. The Kier molecular flexibility index (Phi) is 7.16. The zero-order chi connectivity index (χ0) is 15.0. The molecule has 0 aliphatic heterocycles. The fraction of sp³-hybridized carbons (Fsp3) is 0.733. The van der Waals surface area contributed by atoms with Crippen LogP contribution in [0.2, 0.25) is 12.6 Å². The minimum atomic E-state index is -0.835. The Labute approximate surface area is 123 Å². The van der Waals surface area contributed by atoms with Gasteiger partial charge in [0.25, 0.3) is 0 Å². The molecule has 0 spiro atoms. The standard InChI is InChI=1S/C15H26O4Si/c1-19-14(17)8-6-4-3-5-7-12-9-15(18,11-20-2)10-13(12)16/h9,18H,3-8,10-11,20H2,1-2H3. The number of ketones is 1. The second-order valence-electron chi connectivity index (χ2n) is 5.61. The first kappa shape index (κ1) is 17.1. The summed E-state index contributed by atoms with van der Waals surface area (Å²) in [5, 5.41) is 10.2. The molecule has 1 aliphatic carbocycles. The third kappa shape index (κ3) is 5.59. The lowest BCUT2D eigenvalue weighted by Gasteiger charge is -2.17. The number of Topliss-reactive ketones (excluding diaryl/α,β-unsaturated/α-hetero) is 1. The molecule has 0 bridgehead atoms. The van der Waals surface area contributed by atoms with Crippen LogP contribution in [0.1, 0.15) is 44.9 Å². The highest BCUT2D eigenvalue weighted by molar-refractivity contribution is 6.34. The summed E-state index contributed by atoms with van der Waals surface area (Å²) in [6, 6.07) is 0.793. The monoisotopic (exact) mass is 298 g/mol. The van der Waals surface area contributed by atoms with Gasteiger partial charge in [0.2, 0.25) is 0 Å². The van der Waals surface area contributed by atoms with Crippen LogP contribution in [-0.4, -0.2) is 39.1 Å². The highest BCUT2D eigenvalue weighted by atomic mass is 28.2. The van der Waals surface area contributed by atoms with E-state index in [0.717, 1.165) is 43.7 Å². The quantitative estimate of drug-likeness (QED) is 0.400. The molecule has 20 heavy (non-hydrogen) atoms. The van der Waals surface area contributed by atoms with E-state index in [9.17, 15) is 14.7 Å². The largest absolute Gasteiger partial charge is 0.469 e. The topological polar surface area (TPSA) is 63.6 Å². The maximum Gasteiger partial charge on any atom is 0.305 e. The number of hydrogen-bond donors (Lipinski definition) is 1. The molecule has 0 saturated carbocycles. The fourth-order valence-electron chi connectivity index (χ4n) is 2.69. The van der Waals surface area contributed by atoms with Crippen molar-refractivity contribution in [2.24, 2.45) is 0 Å². The van der Waals surface area contributed by atoms with Crippen molar-refractivity contribution in [2.45, 2.75) is 63.1 Å². The van der Waals surface area contributed by atoms with Gasteiger partial charge in [-0.2, -0.15) is 0 Å². The van der Waals surface area contributed by atoms with E-state index >= 15 is 0 Å². The van der Waals surface area contributed by atoms with Crippen molar-refractivity contribution < 1.29 is 19.4 Å². The number of carbonyl (C=O) groups is 2. The molecular weight excluding hydrogens is 272 g/mol. The molecule has 0 amide bonds. The van der Waals surface area contributed by atoms with Gasteiger partial charge in [0, 0.05) is 22.4 Å². The summed E-state index contributed by atoms with van der Waals surface area (Å²) in [4.78, 5) is 22.8. The van der Waals surface area contributed by atoms with Crippen molar-refractivity contribution in [3.63, 3.8) is 0 Å². The van der Waals surface area contributed by atoms with Crippen LogP contribution in [0.4, 0.5) is 0 Å². The lowest BCUT2D eigenvalue weighted by Crippen LogP contribution is -2.25. The van der Waals surface area contributed by atoms with Gasteiger partial charge in [0.1, 0.15) is 0 Å². The maximum atomic E-state index is 11.8. The molecule has 1 aliphatic rings. The molecule has 1 unspecified atom stereocenters. The minimum Gasteiger partial charge on any atom is -0.469 e. The molecule has 1 rings (SSSR count).